The second-order valence-electron chi connectivity index (χ2n) is 3.66. The van der Waals surface area contributed by atoms with E-state index in [1.54, 1.807) is 0 Å². The SMILES string of the molecule is CCCCNCc1cccc2[nH]nnc12. The van der Waals surface area contributed by atoms with Gasteiger partial charge in [-0.2, -0.15) is 0 Å². The number of nitrogens with zero attached hydrogens (tertiary/aromatic N) is 2. The Labute approximate surface area is 89.1 Å². The first-order valence-electron chi connectivity index (χ1n) is 5.41. The van der Waals surface area contributed by atoms with Crippen LogP contribution in [0.3, 0.4) is 0 Å². The van der Waals surface area contributed by atoms with Crippen LogP contribution in [0.5, 0.6) is 0 Å². The molecule has 2 aromatic rings. The van der Waals surface area contributed by atoms with Crippen molar-refractivity contribution >= 4 is 11.0 Å². The molecule has 0 saturated heterocycles. The van der Waals surface area contributed by atoms with Crippen LogP contribution in [0.15, 0.2) is 18.2 Å². The van der Waals surface area contributed by atoms with Gasteiger partial charge in [-0.25, -0.2) is 0 Å². The first kappa shape index (κ1) is 10.1. The molecule has 4 heteroatoms. The van der Waals surface area contributed by atoms with Crippen molar-refractivity contribution in [1.29, 1.82) is 0 Å². The summed E-state index contributed by atoms with van der Waals surface area (Å²) in [7, 11) is 0. The van der Waals surface area contributed by atoms with Crippen molar-refractivity contribution in [2.45, 2.75) is 26.3 Å². The molecule has 0 unspecified atom stereocenters. The average molecular weight is 204 g/mol. The largest absolute Gasteiger partial charge is 0.313 e. The summed E-state index contributed by atoms with van der Waals surface area (Å²) in [5.74, 6) is 0. The molecule has 0 spiro atoms. The number of nitrogens with one attached hydrogen (secondary N) is 2. The fourth-order valence-corrected chi connectivity index (χ4v) is 1.60. The van der Waals surface area contributed by atoms with Crippen molar-refractivity contribution in [3.8, 4) is 0 Å². The minimum absolute atomic E-state index is 0.865. The van der Waals surface area contributed by atoms with Crippen LogP contribution in [0.4, 0.5) is 0 Å². The number of fused-ring (bicyclic) bond motifs is 1. The molecule has 2 N–H and O–H groups in total. The van der Waals surface area contributed by atoms with Gasteiger partial charge in [0.2, 0.25) is 0 Å². The summed E-state index contributed by atoms with van der Waals surface area (Å²) in [6.45, 7) is 4.12. The van der Waals surface area contributed by atoms with Crippen LogP contribution in [0.2, 0.25) is 0 Å². The highest BCUT2D eigenvalue weighted by molar-refractivity contribution is 5.77. The van der Waals surface area contributed by atoms with Gasteiger partial charge in [0, 0.05) is 6.54 Å². The van der Waals surface area contributed by atoms with Gasteiger partial charge in [0.1, 0.15) is 5.52 Å². The molecule has 0 fully saturated rings. The van der Waals surface area contributed by atoms with Crippen molar-refractivity contribution in [2.75, 3.05) is 6.54 Å². The molecule has 2 rings (SSSR count). The minimum atomic E-state index is 0.865. The third-order valence-electron chi connectivity index (χ3n) is 2.46. The van der Waals surface area contributed by atoms with Crippen LogP contribution in [-0.4, -0.2) is 22.0 Å². The van der Waals surface area contributed by atoms with Gasteiger partial charge >= 0.3 is 0 Å². The maximum absolute atomic E-state index is 4.07. The number of aromatic nitrogens is 3. The quantitative estimate of drug-likeness (QED) is 0.731. The lowest BCUT2D eigenvalue weighted by Gasteiger charge is -2.03. The molecule has 80 valence electrons. The van der Waals surface area contributed by atoms with Gasteiger partial charge in [-0.05, 0) is 24.6 Å². The zero-order valence-electron chi connectivity index (χ0n) is 8.95. The Morgan fingerprint density at radius 1 is 1.40 bits per heavy atom. The van der Waals surface area contributed by atoms with E-state index in [1.165, 1.54) is 18.4 Å². The van der Waals surface area contributed by atoms with E-state index < -0.39 is 0 Å². The topological polar surface area (TPSA) is 53.6 Å². The van der Waals surface area contributed by atoms with E-state index in [2.05, 4.69) is 33.7 Å². The number of unbranched alkanes of at least 4 members (excludes halogenated alkanes) is 1. The zero-order valence-corrected chi connectivity index (χ0v) is 8.95. The summed E-state index contributed by atoms with van der Waals surface area (Å²) in [4.78, 5) is 0. The molecule has 0 bridgehead atoms. The van der Waals surface area contributed by atoms with E-state index in [4.69, 9.17) is 0 Å². The predicted octanol–water partition coefficient (Wildman–Crippen LogP) is 1.85. The Bertz CT molecular complexity index is 421. The van der Waals surface area contributed by atoms with Crippen molar-refractivity contribution in [1.82, 2.24) is 20.7 Å². The standard InChI is InChI=1S/C11H16N4/c1-2-3-7-12-8-9-5-4-6-10-11(9)14-15-13-10/h4-6,12H,2-3,7-8H2,1H3,(H,13,14,15). The van der Waals surface area contributed by atoms with Gasteiger partial charge in [-0.1, -0.05) is 30.7 Å². The van der Waals surface area contributed by atoms with Crippen molar-refractivity contribution < 1.29 is 0 Å². The zero-order chi connectivity index (χ0) is 10.5. The number of H-pyrrole nitrogens is 1. The number of benzene rings is 1. The molecule has 1 aromatic heterocycles. The number of aromatic amines is 1. The molecule has 4 nitrogen and oxygen atoms in total. The first-order valence-corrected chi connectivity index (χ1v) is 5.41. The first-order chi connectivity index (χ1) is 7.42. The summed E-state index contributed by atoms with van der Waals surface area (Å²) < 4.78 is 0. The van der Waals surface area contributed by atoms with Crippen LogP contribution < -0.4 is 5.32 Å². The smallest absolute Gasteiger partial charge is 0.117 e. The van der Waals surface area contributed by atoms with Crippen molar-refractivity contribution in [3.05, 3.63) is 23.8 Å². The highest BCUT2D eigenvalue weighted by Gasteiger charge is 2.02. The van der Waals surface area contributed by atoms with E-state index in [-0.39, 0.29) is 0 Å². The predicted molar refractivity (Wildman–Crippen MR) is 60.5 cm³/mol. The second-order valence-corrected chi connectivity index (χ2v) is 3.66. The Morgan fingerprint density at radius 2 is 2.33 bits per heavy atom. The summed E-state index contributed by atoms with van der Waals surface area (Å²) in [6, 6.07) is 6.10. The Hall–Kier alpha value is -1.42. The minimum Gasteiger partial charge on any atom is -0.313 e. The molecular formula is C11H16N4. The maximum Gasteiger partial charge on any atom is 0.117 e. The van der Waals surface area contributed by atoms with E-state index in [9.17, 15) is 0 Å². The van der Waals surface area contributed by atoms with Crippen LogP contribution in [0, 0.1) is 0 Å². The molecule has 15 heavy (non-hydrogen) atoms. The van der Waals surface area contributed by atoms with Gasteiger partial charge in [0.25, 0.3) is 0 Å². The normalized spacial score (nSPS) is 11.0. The van der Waals surface area contributed by atoms with E-state index in [0.717, 1.165) is 24.1 Å². The summed E-state index contributed by atoms with van der Waals surface area (Å²) in [5.41, 5.74) is 3.18. The summed E-state index contributed by atoms with van der Waals surface area (Å²) >= 11 is 0. The number of hydrogen-bond acceptors (Lipinski definition) is 3. The lowest BCUT2D eigenvalue weighted by atomic mass is 10.2. The molecule has 0 aliphatic carbocycles. The Kier molecular flexibility index (Phi) is 3.29. The molecule has 1 aromatic carbocycles. The molecule has 1 heterocycles. The van der Waals surface area contributed by atoms with E-state index in [1.807, 2.05) is 12.1 Å². The highest BCUT2D eigenvalue weighted by Crippen LogP contribution is 2.12. The monoisotopic (exact) mass is 204 g/mol. The third-order valence-corrected chi connectivity index (χ3v) is 2.46. The van der Waals surface area contributed by atoms with Gasteiger partial charge in [0.15, 0.2) is 0 Å². The van der Waals surface area contributed by atoms with Crippen molar-refractivity contribution in [2.24, 2.45) is 0 Å². The lowest BCUT2D eigenvalue weighted by Crippen LogP contribution is -2.14. The molecule has 0 aliphatic rings. The summed E-state index contributed by atoms with van der Waals surface area (Å²) in [5, 5.41) is 14.2. The summed E-state index contributed by atoms with van der Waals surface area (Å²) in [6.07, 6.45) is 2.44. The highest BCUT2D eigenvalue weighted by atomic mass is 15.3. The third kappa shape index (κ3) is 2.33. The van der Waals surface area contributed by atoms with Crippen LogP contribution >= 0.6 is 0 Å². The van der Waals surface area contributed by atoms with Crippen LogP contribution in [0.1, 0.15) is 25.3 Å². The lowest BCUT2D eigenvalue weighted by molar-refractivity contribution is 0.643. The fraction of sp³-hybridized carbons (Fsp3) is 0.455. The van der Waals surface area contributed by atoms with Crippen LogP contribution in [0.25, 0.3) is 11.0 Å². The molecular weight excluding hydrogens is 188 g/mol. The molecule has 0 amide bonds. The molecule has 0 atom stereocenters. The Balaban J connectivity index is 2.04. The average Bonchev–Trinajstić information content (AvgIpc) is 2.73. The van der Waals surface area contributed by atoms with Gasteiger partial charge in [-0.15, -0.1) is 5.10 Å². The maximum atomic E-state index is 4.07. The second kappa shape index (κ2) is 4.89. The Morgan fingerprint density at radius 3 is 3.20 bits per heavy atom. The van der Waals surface area contributed by atoms with Gasteiger partial charge in [0.05, 0.1) is 5.52 Å². The molecule has 0 aliphatic heterocycles. The van der Waals surface area contributed by atoms with E-state index >= 15 is 0 Å². The van der Waals surface area contributed by atoms with Gasteiger partial charge < -0.3 is 5.32 Å². The number of hydrogen-bond donors (Lipinski definition) is 2. The van der Waals surface area contributed by atoms with E-state index in [0.29, 0.717) is 0 Å². The van der Waals surface area contributed by atoms with Crippen molar-refractivity contribution in [3.63, 3.8) is 0 Å². The molecule has 0 radical (unpaired) electrons. The fourth-order valence-electron chi connectivity index (χ4n) is 1.60. The van der Waals surface area contributed by atoms with Gasteiger partial charge in [-0.3, -0.25) is 5.10 Å². The van der Waals surface area contributed by atoms with Crippen LogP contribution in [-0.2, 0) is 6.54 Å². The molecule has 0 saturated carbocycles. The number of rotatable bonds is 5.